The number of pyridine rings is 1. The van der Waals surface area contributed by atoms with Crippen LogP contribution < -0.4 is 0 Å². The summed E-state index contributed by atoms with van der Waals surface area (Å²) in [7, 11) is 0. The average molecular weight is 331 g/mol. The smallest absolute Gasteiger partial charge is 0.0413 e. The van der Waals surface area contributed by atoms with Crippen LogP contribution in [-0.2, 0) is 6.42 Å². The highest BCUT2D eigenvalue weighted by atomic mass is 79.9. The second-order valence-electron chi connectivity index (χ2n) is 5.77. The lowest BCUT2D eigenvalue weighted by molar-refractivity contribution is 0.217. The van der Waals surface area contributed by atoms with E-state index >= 15 is 0 Å². The van der Waals surface area contributed by atoms with Crippen molar-refractivity contribution < 1.29 is 0 Å². The highest BCUT2D eigenvalue weighted by Gasteiger charge is 2.30. The van der Waals surface area contributed by atoms with Crippen LogP contribution in [0.1, 0.15) is 38.8 Å². The Bertz CT molecular complexity index is 377. The predicted octanol–water partition coefficient (Wildman–Crippen LogP) is 5.07. The lowest BCUT2D eigenvalue weighted by Crippen LogP contribution is -2.29. The zero-order chi connectivity index (χ0) is 13.1. The highest BCUT2D eigenvalue weighted by molar-refractivity contribution is 9.10. The Labute approximate surface area is 123 Å². The van der Waals surface area contributed by atoms with Gasteiger partial charge >= 0.3 is 0 Å². The van der Waals surface area contributed by atoms with E-state index in [1.807, 2.05) is 6.20 Å². The predicted molar refractivity (Wildman–Crippen MR) is 81.0 cm³/mol. The van der Waals surface area contributed by atoms with Gasteiger partial charge in [0.1, 0.15) is 0 Å². The molecule has 1 aromatic rings. The van der Waals surface area contributed by atoms with Crippen molar-refractivity contribution in [1.82, 2.24) is 4.98 Å². The van der Waals surface area contributed by atoms with Gasteiger partial charge in [0.25, 0.3) is 0 Å². The number of halogens is 2. The second kappa shape index (κ2) is 6.38. The third-order valence-electron chi connectivity index (χ3n) is 4.13. The molecule has 0 N–H and O–H groups in total. The van der Waals surface area contributed by atoms with E-state index in [9.17, 15) is 0 Å². The molecular formula is C15H21BrClN. The van der Waals surface area contributed by atoms with Crippen molar-refractivity contribution in [3.8, 4) is 0 Å². The van der Waals surface area contributed by atoms with Crippen LogP contribution in [0.25, 0.3) is 0 Å². The molecule has 0 saturated heterocycles. The van der Waals surface area contributed by atoms with Crippen LogP contribution in [0.15, 0.2) is 22.8 Å². The molecule has 100 valence electrons. The molecule has 0 aliphatic heterocycles. The van der Waals surface area contributed by atoms with Gasteiger partial charge < -0.3 is 0 Å². The van der Waals surface area contributed by atoms with Crippen LogP contribution in [-0.4, -0.2) is 10.4 Å². The number of hydrogen-bond donors (Lipinski definition) is 0. The third kappa shape index (κ3) is 3.71. The minimum atomic E-state index is 0.324. The SMILES string of the molecule is CC(C)C1CCC(Cl)C(Cc2ccc(Br)cn2)C1. The fraction of sp³-hybridized carbons (Fsp3) is 0.667. The van der Waals surface area contributed by atoms with Crippen molar-refractivity contribution in [2.24, 2.45) is 17.8 Å². The quantitative estimate of drug-likeness (QED) is 0.705. The van der Waals surface area contributed by atoms with E-state index in [0.717, 1.165) is 29.2 Å². The summed E-state index contributed by atoms with van der Waals surface area (Å²) in [6, 6.07) is 4.17. The molecule has 0 amide bonds. The van der Waals surface area contributed by atoms with Crippen LogP contribution in [0.4, 0.5) is 0 Å². The zero-order valence-corrected chi connectivity index (χ0v) is 13.4. The van der Waals surface area contributed by atoms with Gasteiger partial charge in [-0.05, 0) is 71.5 Å². The van der Waals surface area contributed by atoms with E-state index in [4.69, 9.17) is 11.6 Å². The van der Waals surface area contributed by atoms with Crippen LogP contribution in [0.5, 0.6) is 0 Å². The summed E-state index contributed by atoms with van der Waals surface area (Å²) in [5.41, 5.74) is 1.17. The Hall–Kier alpha value is -0.0800. The van der Waals surface area contributed by atoms with Gasteiger partial charge in [0.15, 0.2) is 0 Å². The van der Waals surface area contributed by atoms with E-state index in [-0.39, 0.29) is 0 Å². The minimum absolute atomic E-state index is 0.324. The normalized spacial score (nSPS) is 28.6. The van der Waals surface area contributed by atoms with Crippen molar-refractivity contribution in [1.29, 1.82) is 0 Å². The van der Waals surface area contributed by atoms with E-state index in [2.05, 4.69) is 46.9 Å². The summed E-state index contributed by atoms with van der Waals surface area (Å²) >= 11 is 9.92. The van der Waals surface area contributed by atoms with Crippen LogP contribution >= 0.6 is 27.5 Å². The largest absolute Gasteiger partial charge is 0.260 e. The first-order valence-electron chi connectivity index (χ1n) is 6.80. The van der Waals surface area contributed by atoms with Gasteiger partial charge in [0, 0.05) is 21.7 Å². The average Bonchev–Trinajstić information content (AvgIpc) is 2.34. The Balaban J connectivity index is 2.00. The van der Waals surface area contributed by atoms with Gasteiger partial charge in [-0.3, -0.25) is 4.98 Å². The van der Waals surface area contributed by atoms with Crippen LogP contribution in [0.3, 0.4) is 0 Å². The molecule has 18 heavy (non-hydrogen) atoms. The number of hydrogen-bond acceptors (Lipinski definition) is 1. The topological polar surface area (TPSA) is 12.9 Å². The summed E-state index contributed by atoms with van der Waals surface area (Å²) < 4.78 is 1.04. The van der Waals surface area contributed by atoms with E-state index in [0.29, 0.717) is 11.3 Å². The first kappa shape index (κ1) is 14.3. The maximum absolute atomic E-state index is 6.50. The van der Waals surface area contributed by atoms with Gasteiger partial charge in [0.2, 0.25) is 0 Å². The molecule has 1 aliphatic rings. The number of nitrogens with zero attached hydrogens (tertiary/aromatic N) is 1. The van der Waals surface area contributed by atoms with Gasteiger partial charge in [-0.1, -0.05) is 13.8 Å². The molecule has 0 bridgehead atoms. The van der Waals surface area contributed by atoms with E-state index < -0.39 is 0 Å². The van der Waals surface area contributed by atoms with Crippen molar-refractivity contribution in [3.63, 3.8) is 0 Å². The molecule has 1 heterocycles. The van der Waals surface area contributed by atoms with Gasteiger partial charge in [-0.15, -0.1) is 11.6 Å². The summed E-state index contributed by atoms with van der Waals surface area (Å²) in [6.45, 7) is 4.66. The fourth-order valence-corrected chi connectivity index (χ4v) is 3.43. The highest BCUT2D eigenvalue weighted by Crippen LogP contribution is 2.37. The fourth-order valence-electron chi connectivity index (χ4n) is 2.88. The summed E-state index contributed by atoms with van der Waals surface area (Å²) in [5, 5.41) is 0.324. The van der Waals surface area contributed by atoms with Gasteiger partial charge in [-0.2, -0.15) is 0 Å². The third-order valence-corrected chi connectivity index (χ3v) is 5.18. The number of rotatable bonds is 3. The minimum Gasteiger partial charge on any atom is -0.260 e. The Kier molecular flexibility index (Phi) is 5.08. The van der Waals surface area contributed by atoms with Crippen molar-refractivity contribution in [3.05, 3.63) is 28.5 Å². The molecule has 1 fully saturated rings. The first-order valence-corrected chi connectivity index (χ1v) is 8.03. The molecule has 2 rings (SSSR count). The lowest BCUT2D eigenvalue weighted by atomic mass is 9.74. The maximum Gasteiger partial charge on any atom is 0.0413 e. The lowest BCUT2D eigenvalue weighted by Gasteiger charge is -2.35. The Morgan fingerprint density at radius 3 is 2.78 bits per heavy atom. The molecule has 1 saturated carbocycles. The van der Waals surface area contributed by atoms with Crippen LogP contribution in [0, 0.1) is 17.8 Å². The zero-order valence-electron chi connectivity index (χ0n) is 11.1. The molecule has 3 atom stereocenters. The van der Waals surface area contributed by atoms with Crippen molar-refractivity contribution in [2.45, 2.75) is 44.9 Å². The Morgan fingerprint density at radius 1 is 1.39 bits per heavy atom. The van der Waals surface area contributed by atoms with Gasteiger partial charge in [-0.25, -0.2) is 0 Å². The van der Waals surface area contributed by atoms with Gasteiger partial charge in [0.05, 0.1) is 0 Å². The molecule has 0 aromatic carbocycles. The Morgan fingerprint density at radius 2 is 2.17 bits per heavy atom. The van der Waals surface area contributed by atoms with Crippen molar-refractivity contribution >= 4 is 27.5 Å². The molecule has 0 radical (unpaired) electrons. The maximum atomic E-state index is 6.50. The van der Waals surface area contributed by atoms with E-state index in [1.54, 1.807) is 0 Å². The summed E-state index contributed by atoms with van der Waals surface area (Å²) in [4.78, 5) is 4.47. The molecule has 3 unspecified atom stereocenters. The molecule has 1 aromatic heterocycles. The monoisotopic (exact) mass is 329 g/mol. The molecule has 0 spiro atoms. The van der Waals surface area contributed by atoms with E-state index in [1.165, 1.54) is 18.5 Å². The van der Waals surface area contributed by atoms with Crippen molar-refractivity contribution in [2.75, 3.05) is 0 Å². The molecule has 3 heteroatoms. The molecular weight excluding hydrogens is 310 g/mol. The first-order chi connectivity index (χ1) is 8.56. The summed E-state index contributed by atoms with van der Waals surface area (Å²) in [6.07, 6.45) is 6.59. The number of alkyl halides is 1. The molecule has 1 nitrogen and oxygen atoms in total. The van der Waals surface area contributed by atoms with Crippen LogP contribution in [0.2, 0.25) is 0 Å². The molecule has 1 aliphatic carbocycles. The standard InChI is InChI=1S/C15H21BrClN/c1-10(2)11-3-6-15(17)12(7-11)8-14-5-4-13(16)9-18-14/h4-5,9-12,15H,3,6-8H2,1-2H3. The summed E-state index contributed by atoms with van der Waals surface area (Å²) in [5.74, 6) is 2.19. The second-order valence-corrected chi connectivity index (χ2v) is 7.24. The number of aromatic nitrogens is 1.